The van der Waals surface area contributed by atoms with Crippen LogP contribution in [-0.2, 0) is 13.2 Å². The predicted octanol–water partition coefficient (Wildman–Crippen LogP) is 4.24. The highest BCUT2D eigenvalue weighted by atomic mass is 79.9. The Morgan fingerprint density at radius 1 is 1.35 bits per heavy atom. The van der Waals surface area contributed by atoms with E-state index in [2.05, 4.69) is 15.9 Å². The summed E-state index contributed by atoms with van der Waals surface area (Å²) in [4.78, 5) is 1.09. The summed E-state index contributed by atoms with van der Waals surface area (Å²) in [7, 11) is 0. The summed E-state index contributed by atoms with van der Waals surface area (Å²) in [5.74, 6) is 0.553. The van der Waals surface area contributed by atoms with Gasteiger partial charge in [-0.15, -0.1) is 11.3 Å². The summed E-state index contributed by atoms with van der Waals surface area (Å²) in [6.07, 6.45) is 0. The summed E-state index contributed by atoms with van der Waals surface area (Å²) in [5, 5.41) is 11.7. The molecule has 2 nitrogen and oxygen atoms in total. The van der Waals surface area contributed by atoms with Crippen molar-refractivity contribution in [1.82, 2.24) is 0 Å². The van der Waals surface area contributed by atoms with Crippen LogP contribution in [0.5, 0.6) is 5.75 Å². The molecule has 0 radical (unpaired) electrons. The van der Waals surface area contributed by atoms with Gasteiger partial charge in [-0.1, -0.05) is 23.7 Å². The Bertz CT molecular complexity index is 513. The van der Waals surface area contributed by atoms with E-state index in [0.717, 1.165) is 9.35 Å². The molecule has 0 bridgehead atoms. The number of para-hydroxylation sites is 1. The van der Waals surface area contributed by atoms with Crippen molar-refractivity contribution in [3.8, 4) is 5.75 Å². The van der Waals surface area contributed by atoms with Crippen LogP contribution in [0.4, 0.5) is 0 Å². The zero-order chi connectivity index (χ0) is 12.3. The van der Waals surface area contributed by atoms with E-state index >= 15 is 0 Å². The van der Waals surface area contributed by atoms with Crippen molar-refractivity contribution in [1.29, 1.82) is 0 Å². The molecule has 5 heteroatoms. The smallest absolute Gasteiger partial charge is 0.143 e. The first-order chi connectivity index (χ1) is 8.22. The Morgan fingerprint density at radius 3 is 2.82 bits per heavy atom. The molecule has 0 aliphatic carbocycles. The van der Waals surface area contributed by atoms with Gasteiger partial charge in [0.2, 0.25) is 0 Å². The fourth-order valence-electron chi connectivity index (χ4n) is 1.41. The van der Waals surface area contributed by atoms with Crippen LogP contribution in [-0.4, -0.2) is 5.11 Å². The average Bonchev–Trinajstić information content (AvgIpc) is 2.73. The molecule has 90 valence electrons. The Labute approximate surface area is 117 Å². The highest BCUT2D eigenvalue weighted by Crippen LogP contribution is 2.31. The third kappa shape index (κ3) is 3.01. The molecule has 2 rings (SSSR count). The van der Waals surface area contributed by atoms with Crippen molar-refractivity contribution in [2.24, 2.45) is 0 Å². The van der Waals surface area contributed by atoms with Crippen LogP contribution in [0, 0.1) is 0 Å². The topological polar surface area (TPSA) is 29.5 Å². The minimum absolute atomic E-state index is 0.0818. The average molecular weight is 334 g/mol. The molecule has 2 aromatic rings. The molecule has 1 heterocycles. The van der Waals surface area contributed by atoms with E-state index in [1.54, 1.807) is 29.5 Å². The maximum absolute atomic E-state index is 9.21. The first-order valence-corrected chi connectivity index (χ1v) is 7.00. The quantitative estimate of drug-likeness (QED) is 0.907. The summed E-state index contributed by atoms with van der Waals surface area (Å²) in [6.45, 7) is 0.358. The van der Waals surface area contributed by atoms with Crippen molar-refractivity contribution < 1.29 is 9.84 Å². The van der Waals surface area contributed by atoms with Gasteiger partial charge in [0.15, 0.2) is 0 Å². The zero-order valence-electron chi connectivity index (χ0n) is 8.82. The number of hydrogen-bond acceptors (Lipinski definition) is 3. The van der Waals surface area contributed by atoms with Crippen LogP contribution in [0.15, 0.2) is 34.1 Å². The maximum Gasteiger partial charge on any atom is 0.143 e. The van der Waals surface area contributed by atoms with Crippen molar-refractivity contribution >= 4 is 38.9 Å². The van der Waals surface area contributed by atoms with E-state index in [1.807, 2.05) is 11.4 Å². The van der Waals surface area contributed by atoms with Gasteiger partial charge >= 0.3 is 0 Å². The lowest BCUT2D eigenvalue weighted by atomic mass is 10.2. The molecule has 0 amide bonds. The Balaban J connectivity index is 2.16. The number of hydrogen-bond donors (Lipinski definition) is 1. The second-order valence-corrected chi connectivity index (χ2v) is 5.63. The summed E-state index contributed by atoms with van der Waals surface area (Å²) in [5.41, 5.74) is 0.699. The molecule has 1 aromatic carbocycles. The Kier molecular flexibility index (Phi) is 4.45. The number of aliphatic hydroxyl groups excluding tert-OH is 1. The summed E-state index contributed by atoms with van der Waals surface area (Å²) < 4.78 is 6.70. The van der Waals surface area contributed by atoms with E-state index in [-0.39, 0.29) is 6.61 Å². The predicted molar refractivity (Wildman–Crippen MR) is 73.7 cm³/mol. The third-order valence-electron chi connectivity index (χ3n) is 2.26. The molecule has 0 aliphatic heterocycles. The standard InChI is InChI=1S/C12H10BrClO2S/c13-9-4-5-17-11(9)7-16-12-8(6-15)2-1-3-10(12)14/h1-5,15H,6-7H2. The number of benzene rings is 1. The SMILES string of the molecule is OCc1cccc(Cl)c1OCc1sccc1Br. The lowest BCUT2D eigenvalue weighted by molar-refractivity contribution is 0.260. The van der Waals surface area contributed by atoms with E-state index < -0.39 is 0 Å². The second kappa shape index (κ2) is 5.87. The van der Waals surface area contributed by atoms with Crippen LogP contribution < -0.4 is 4.74 Å². The molecule has 0 saturated heterocycles. The van der Waals surface area contributed by atoms with Gasteiger partial charge in [-0.2, -0.15) is 0 Å². The molecular weight excluding hydrogens is 324 g/mol. The first kappa shape index (κ1) is 12.9. The van der Waals surface area contributed by atoms with Gasteiger partial charge in [-0.25, -0.2) is 0 Å². The Hall–Kier alpha value is -0.550. The van der Waals surface area contributed by atoms with E-state index in [1.165, 1.54) is 0 Å². The molecule has 0 saturated carbocycles. The van der Waals surface area contributed by atoms with Gasteiger partial charge in [0.25, 0.3) is 0 Å². The largest absolute Gasteiger partial charge is 0.486 e. The van der Waals surface area contributed by atoms with Crippen LogP contribution in [0.3, 0.4) is 0 Å². The molecular formula is C12H10BrClO2S. The van der Waals surface area contributed by atoms with Crippen molar-refractivity contribution in [2.75, 3.05) is 0 Å². The zero-order valence-corrected chi connectivity index (χ0v) is 12.0. The van der Waals surface area contributed by atoms with Crippen LogP contribution in [0.1, 0.15) is 10.4 Å². The number of halogens is 2. The fraction of sp³-hybridized carbons (Fsp3) is 0.167. The molecule has 0 aliphatic rings. The highest BCUT2D eigenvalue weighted by molar-refractivity contribution is 9.10. The molecule has 0 atom stereocenters. The molecule has 17 heavy (non-hydrogen) atoms. The van der Waals surface area contributed by atoms with Crippen LogP contribution in [0.2, 0.25) is 5.02 Å². The van der Waals surface area contributed by atoms with Gasteiger partial charge < -0.3 is 9.84 Å². The highest BCUT2D eigenvalue weighted by Gasteiger charge is 2.09. The minimum atomic E-state index is -0.0818. The summed E-state index contributed by atoms with van der Waals surface area (Å²) in [6, 6.07) is 7.31. The minimum Gasteiger partial charge on any atom is -0.486 e. The van der Waals surface area contributed by atoms with E-state index in [4.69, 9.17) is 16.3 Å². The van der Waals surface area contributed by atoms with Crippen molar-refractivity contribution in [2.45, 2.75) is 13.2 Å². The lowest BCUT2D eigenvalue weighted by Crippen LogP contribution is -1.98. The number of aliphatic hydroxyl groups is 1. The first-order valence-electron chi connectivity index (χ1n) is 4.95. The van der Waals surface area contributed by atoms with Gasteiger partial charge in [0, 0.05) is 10.0 Å². The van der Waals surface area contributed by atoms with Gasteiger partial charge in [-0.05, 0) is 33.4 Å². The molecule has 1 aromatic heterocycles. The number of rotatable bonds is 4. The lowest BCUT2D eigenvalue weighted by Gasteiger charge is -2.11. The second-order valence-electron chi connectivity index (χ2n) is 3.37. The van der Waals surface area contributed by atoms with Crippen LogP contribution in [0.25, 0.3) is 0 Å². The normalized spacial score (nSPS) is 10.5. The molecule has 0 fully saturated rings. The van der Waals surface area contributed by atoms with E-state index in [0.29, 0.717) is 22.9 Å². The van der Waals surface area contributed by atoms with Gasteiger partial charge in [0.1, 0.15) is 12.4 Å². The Morgan fingerprint density at radius 2 is 2.18 bits per heavy atom. The van der Waals surface area contributed by atoms with Crippen LogP contribution >= 0.6 is 38.9 Å². The molecule has 0 spiro atoms. The maximum atomic E-state index is 9.21. The molecule has 0 unspecified atom stereocenters. The number of ether oxygens (including phenoxy) is 1. The number of thiophene rings is 1. The van der Waals surface area contributed by atoms with Crippen molar-refractivity contribution in [3.05, 3.63) is 49.6 Å². The van der Waals surface area contributed by atoms with E-state index in [9.17, 15) is 5.11 Å². The van der Waals surface area contributed by atoms with Crippen molar-refractivity contribution in [3.63, 3.8) is 0 Å². The summed E-state index contributed by atoms with van der Waals surface area (Å²) >= 11 is 11.1. The van der Waals surface area contributed by atoms with Gasteiger partial charge in [0.05, 0.1) is 16.5 Å². The van der Waals surface area contributed by atoms with Gasteiger partial charge in [-0.3, -0.25) is 0 Å². The fourth-order valence-corrected chi connectivity index (χ4v) is 3.03. The third-order valence-corrected chi connectivity index (χ3v) is 4.46. The molecule has 1 N–H and O–H groups in total. The monoisotopic (exact) mass is 332 g/mol.